The number of nitrogen functional groups attached to an aromatic ring is 1. The van der Waals surface area contributed by atoms with Crippen molar-refractivity contribution in [2.24, 2.45) is 11.7 Å². The van der Waals surface area contributed by atoms with Crippen LogP contribution in [0.1, 0.15) is 26.0 Å². The molecule has 8 heteroatoms. The van der Waals surface area contributed by atoms with Gasteiger partial charge in [-0.3, -0.25) is 4.79 Å². The zero-order valence-electron chi connectivity index (χ0n) is 14.5. The number of benzene rings is 1. The van der Waals surface area contributed by atoms with E-state index in [2.05, 4.69) is 10.4 Å². The van der Waals surface area contributed by atoms with Gasteiger partial charge in [0.2, 0.25) is 5.91 Å². The number of rotatable bonds is 7. The van der Waals surface area contributed by atoms with Gasteiger partial charge in [-0.2, -0.15) is 5.10 Å². The second-order valence-corrected chi connectivity index (χ2v) is 5.97. The first-order chi connectivity index (χ1) is 11.0. The highest BCUT2D eigenvalue weighted by Gasteiger charge is 2.16. The first kappa shape index (κ1) is 23.2. The number of anilines is 1. The van der Waals surface area contributed by atoms with Gasteiger partial charge >= 0.3 is 0 Å². The summed E-state index contributed by atoms with van der Waals surface area (Å²) < 4.78 is 1.72. The molecule has 1 aromatic heterocycles. The summed E-state index contributed by atoms with van der Waals surface area (Å²) in [4.78, 5) is 11.8. The molecule has 2 rings (SSSR count). The van der Waals surface area contributed by atoms with Crippen LogP contribution in [0.3, 0.4) is 0 Å². The van der Waals surface area contributed by atoms with Gasteiger partial charge in [0, 0.05) is 12.6 Å². The van der Waals surface area contributed by atoms with E-state index in [9.17, 15) is 4.79 Å². The Hall–Kier alpha value is -1.76. The van der Waals surface area contributed by atoms with E-state index in [1.807, 2.05) is 50.2 Å². The number of hydrogen-bond acceptors (Lipinski definition) is 4. The van der Waals surface area contributed by atoms with Gasteiger partial charge < -0.3 is 16.8 Å². The number of hydrogen-bond donors (Lipinski definition) is 3. The summed E-state index contributed by atoms with van der Waals surface area (Å²) in [5, 5.41) is 7.37. The number of aryl methyl sites for hydroxylation is 1. The molecular weight excluding hydrogens is 361 g/mol. The predicted octanol–water partition coefficient (Wildman–Crippen LogP) is 2.33. The minimum absolute atomic E-state index is 0. The summed E-state index contributed by atoms with van der Waals surface area (Å²) in [6, 6.07) is 11.2. The van der Waals surface area contributed by atoms with E-state index in [1.165, 1.54) is 0 Å². The zero-order chi connectivity index (χ0) is 16.8. The highest BCUT2D eigenvalue weighted by molar-refractivity contribution is 5.85. The molecule has 5 N–H and O–H groups in total. The fourth-order valence-corrected chi connectivity index (χ4v) is 2.25. The molecule has 2 aromatic rings. The van der Waals surface area contributed by atoms with Gasteiger partial charge in [0.1, 0.15) is 5.82 Å². The Labute approximate surface area is 161 Å². The lowest BCUT2D eigenvalue weighted by Gasteiger charge is -2.14. The van der Waals surface area contributed by atoms with Crippen molar-refractivity contribution >= 4 is 36.5 Å². The monoisotopic (exact) mass is 387 g/mol. The number of para-hydroxylation sites is 1. The second-order valence-electron chi connectivity index (χ2n) is 5.97. The summed E-state index contributed by atoms with van der Waals surface area (Å²) >= 11 is 0. The third-order valence-corrected chi connectivity index (χ3v) is 3.72. The van der Waals surface area contributed by atoms with Gasteiger partial charge in [-0.15, -0.1) is 24.8 Å². The lowest BCUT2D eigenvalue weighted by atomic mass is 10.1. The molecule has 1 aromatic carbocycles. The van der Waals surface area contributed by atoms with Crippen LogP contribution < -0.4 is 16.8 Å². The van der Waals surface area contributed by atoms with Crippen LogP contribution in [-0.2, 0) is 11.2 Å². The molecule has 0 aliphatic rings. The lowest BCUT2D eigenvalue weighted by molar-refractivity contribution is -0.123. The average molecular weight is 388 g/mol. The molecule has 0 bridgehead atoms. The van der Waals surface area contributed by atoms with Crippen LogP contribution in [-0.4, -0.2) is 28.3 Å². The average Bonchev–Trinajstić information content (AvgIpc) is 2.92. The van der Waals surface area contributed by atoms with Gasteiger partial charge in [0.15, 0.2) is 0 Å². The number of nitrogens with two attached hydrogens (primary N) is 2. The van der Waals surface area contributed by atoms with E-state index in [0.29, 0.717) is 12.4 Å². The molecule has 1 amide bonds. The van der Waals surface area contributed by atoms with Crippen LogP contribution in [0, 0.1) is 5.92 Å². The molecular formula is C17H27Cl2N5O. The van der Waals surface area contributed by atoms with Crippen molar-refractivity contribution in [2.45, 2.75) is 32.7 Å². The van der Waals surface area contributed by atoms with Crippen LogP contribution in [0.25, 0.3) is 5.69 Å². The molecule has 0 saturated carbocycles. The van der Waals surface area contributed by atoms with E-state index in [-0.39, 0.29) is 36.6 Å². The smallest absolute Gasteiger partial charge is 0.237 e. The fraction of sp³-hybridized carbons (Fsp3) is 0.412. The van der Waals surface area contributed by atoms with Gasteiger partial charge in [-0.25, -0.2) is 4.68 Å². The van der Waals surface area contributed by atoms with E-state index >= 15 is 0 Å². The number of nitrogens with one attached hydrogen (secondary N) is 1. The maximum absolute atomic E-state index is 11.8. The Morgan fingerprint density at radius 3 is 2.48 bits per heavy atom. The molecule has 140 valence electrons. The summed E-state index contributed by atoms with van der Waals surface area (Å²) in [7, 11) is 0. The minimum Gasteiger partial charge on any atom is -0.384 e. The van der Waals surface area contributed by atoms with Crippen LogP contribution in [0.5, 0.6) is 0 Å². The Kier molecular flexibility index (Phi) is 10.2. The van der Waals surface area contributed by atoms with Crippen molar-refractivity contribution in [1.29, 1.82) is 0 Å². The highest BCUT2D eigenvalue weighted by Crippen LogP contribution is 2.14. The molecule has 0 radical (unpaired) electrons. The third kappa shape index (κ3) is 6.57. The van der Waals surface area contributed by atoms with E-state index < -0.39 is 6.04 Å². The number of carbonyl (C=O) groups is 1. The molecule has 0 unspecified atom stereocenters. The molecule has 0 aliphatic heterocycles. The number of amides is 1. The minimum atomic E-state index is -0.456. The predicted molar refractivity (Wildman–Crippen MR) is 107 cm³/mol. The van der Waals surface area contributed by atoms with Crippen molar-refractivity contribution in [3.05, 3.63) is 42.1 Å². The normalized spacial score (nSPS) is 11.4. The third-order valence-electron chi connectivity index (χ3n) is 3.72. The quantitative estimate of drug-likeness (QED) is 0.634. The zero-order valence-corrected chi connectivity index (χ0v) is 16.1. The topological polar surface area (TPSA) is 99.0 Å². The highest BCUT2D eigenvalue weighted by atomic mass is 35.5. The number of carbonyl (C=O) groups excluding carboxylic acids is 1. The van der Waals surface area contributed by atoms with Gasteiger partial charge in [0.05, 0.1) is 17.4 Å². The number of nitrogens with zero attached hydrogens (tertiary/aromatic N) is 2. The summed E-state index contributed by atoms with van der Waals surface area (Å²) in [6.07, 6.45) is 1.54. The van der Waals surface area contributed by atoms with E-state index in [1.54, 1.807) is 4.68 Å². The molecule has 0 saturated heterocycles. The molecule has 0 spiro atoms. The maximum Gasteiger partial charge on any atom is 0.237 e. The molecule has 1 atom stereocenters. The number of halogens is 2. The first-order valence-electron chi connectivity index (χ1n) is 7.92. The van der Waals surface area contributed by atoms with Crippen molar-refractivity contribution in [3.63, 3.8) is 0 Å². The Morgan fingerprint density at radius 1 is 1.24 bits per heavy atom. The lowest BCUT2D eigenvalue weighted by Crippen LogP contribution is -2.44. The maximum atomic E-state index is 11.8. The molecule has 0 fully saturated rings. The molecule has 25 heavy (non-hydrogen) atoms. The van der Waals surface area contributed by atoms with Crippen molar-refractivity contribution in [3.8, 4) is 5.69 Å². The Bertz CT molecular complexity index is 646. The van der Waals surface area contributed by atoms with Crippen molar-refractivity contribution < 1.29 is 4.79 Å². The van der Waals surface area contributed by atoms with Crippen LogP contribution in [0.2, 0.25) is 0 Å². The summed E-state index contributed by atoms with van der Waals surface area (Å²) in [5.41, 5.74) is 13.7. The largest absolute Gasteiger partial charge is 0.384 e. The molecule has 0 aliphatic carbocycles. The van der Waals surface area contributed by atoms with Gasteiger partial charge in [-0.1, -0.05) is 32.0 Å². The molecule has 6 nitrogen and oxygen atoms in total. The Morgan fingerprint density at radius 2 is 1.88 bits per heavy atom. The standard InChI is InChI=1S/C17H25N5O.2ClH/c1-12(2)16(19)17(23)20-10-6-7-13-11-15(18)22(21-13)14-8-4-3-5-9-14;;/h3-5,8-9,11-12,16H,6-7,10,18-19H2,1-2H3,(H,20,23);2*1H/t16-;;/m0../s1. The summed E-state index contributed by atoms with van der Waals surface area (Å²) in [6.45, 7) is 4.45. The van der Waals surface area contributed by atoms with Crippen molar-refractivity contribution in [2.75, 3.05) is 12.3 Å². The van der Waals surface area contributed by atoms with Crippen molar-refractivity contribution in [1.82, 2.24) is 15.1 Å². The van der Waals surface area contributed by atoms with E-state index in [4.69, 9.17) is 11.5 Å². The van der Waals surface area contributed by atoms with E-state index in [0.717, 1.165) is 24.2 Å². The SMILES string of the molecule is CC(C)[C@H](N)C(=O)NCCCc1cc(N)n(-c2ccccc2)n1.Cl.Cl. The van der Waals surface area contributed by atoms with Crippen LogP contribution in [0.4, 0.5) is 5.82 Å². The number of aromatic nitrogens is 2. The van der Waals surface area contributed by atoms with Gasteiger partial charge in [0.25, 0.3) is 0 Å². The van der Waals surface area contributed by atoms with Crippen LogP contribution in [0.15, 0.2) is 36.4 Å². The molecule has 1 heterocycles. The van der Waals surface area contributed by atoms with Crippen LogP contribution >= 0.6 is 24.8 Å². The summed E-state index contributed by atoms with van der Waals surface area (Å²) in [5.74, 6) is 0.641. The first-order valence-corrected chi connectivity index (χ1v) is 7.92. The fourth-order valence-electron chi connectivity index (χ4n) is 2.25. The van der Waals surface area contributed by atoms with Gasteiger partial charge in [-0.05, 0) is 30.9 Å². The Balaban J connectivity index is 0.00000288. The second kappa shape index (κ2) is 11.0.